The van der Waals surface area contributed by atoms with Gasteiger partial charge in [0.05, 0.1) is 17.9 Å². The summed E-state index contributed by atoms with van der Waals surface area (Å²) in [6.07, 6.45) is 5.70. The summed E-state index contributed by atoms with van der Waals surface area (Å²) in [4.78, 5) is 33.0. The van der Waals surface area contributed by atoms with Crippen molar-refractivity contribution in [2.24, 2.45) is 39.9 Å². The maximum atomic E-state index is 13.3. The van der Waals surface area contributed by atoms with E-state index in [0.717, 1.165) is 64.8 Å². The van der Waals surface area contributed by atoms with Crippen LogP contribution in [-0.4, -0.2) is 91.2 Å². The minimum atomic E-state index is -3.62. The van der Waals surface area contributed by atoms with E-state index in [-0.39, 0.29) is 35.5 Å². The molecule has 3 aliphatic heterocycles. The number of piperazine rings is 1. The van der Waals surface area contributed by atoms with Crippen LogP contribution in [0, 0.1) is 35.5 Å². The number of amides is 2. The average Bonchev–Trinajstić information content (AvgIpc) is 3.59. The summed E-state index contributed by atoms with van der Waals surface area (Å²) >= 11 is 0. The molecule has 1 aromatic carbocycles. The Hall–Kier alpha value is -2.30. The summed E-state index contributed by atoms with van der Waals surface area (Å²) in [7, 11) is -3.62. The number of hydrogen-bond donors (Lipinski definition) is 1. The number of imide groups is 1. The number of fused-ring (bicyclic) bond motifs is 6. The Labute approximate surface area is 223 Å². The number of hydrogen-bond acceptors (Lipinski definition) is 7. The Bertz CT molecular complexity index is 1260. The summed E-state index contributed by atoms with van der Waals surface area (Å²) < 4.78 is 29.1. The van der Waals surface area contributed by atoms with E-state index in [1.54, 1.807) is 17.0 Å². The zero-order chi connectivity index (χ0) is 26.2. The summed E-state index contributed by atoms with van der Waals surface area (Å²) in [5.74, 6) is 0.598. The second kappa shape index (κ2) is 9.13. The highest BCUT2D eigenvalue weighted by atomic mass is 32.2. The Morgan fingerprint density at radius 3 is 2.11 bits per heavy atom. The van der Waals surface area contributed by atoms with Crippen LogP contribution in [0.25, 0.3) is 0 Å². The van der Waals surface area contributed by atoms with Crippen LogP contribution >= 0.6 is 0 Å². The summed E-state index contributed by atoms with van der Waals surface area (Å²) in [5.41, 5.74) is 0.693. The number of carbonyl (C=O) groups is 2. The van der Waals surface area contributed by atoms with Gasteiger partial charge in [-0.05, 0) is 61.5 Å². The van der Waals surface area contributed by atoms with Gasteiger partial charge in [0.15, 0.2) is 5.84 Å². The van der Waals surface area contributed by atoms with Crippen molar-refractivity contribution in [3.8, 4) is 0 Å². The first-order valence-electron chi connectivity index (χ1n) is 14.3. The molecule has 38 heavy (non-hydrogen) atoms. The van der Waals surface area contributed by atoms with E-state index in [0.29, 0.717) is 34.7 Å². The van der Waals surface area contributed by atoms with Gasteiger partial charge in [-0.15, -0.1) is 4.40 Å². The van der Waals surface area contributed by atoms with Crippen molar-refractivity contribution in [3.63, 3.8) is 0 Å². The third kappa shape index (κ3) is 3.78. The third-order valence-corrected chi connectivity index (χ3v) is 11.7. The normalized spacial score (nSPS) is 38.0. The van der Waals surface area contributed by atoms with Gasteiger partial charge in [0.1, 0.15) is 4.90 Å². The summed E-state index contributed by atoms with van der Waals surface area (Å²) in [5, 5.41) is 10.5. The molecule has 3 heterocycles. The molecule has 7 rings (SSSR count). The van der Waals surface area contributed by atoms with Crippen molar-refractivity contribution in [3.05, 3.63) is 29.8 Å². The van der Waals surface area contributed by atoms with Crippen molar-refractivity contribution in [2.45, 2.75) is 49.5 Å². The second-order valence-corrected chi connectivity index (χ2v) is 13.8. The molecule has 9 nitrogen and oxygen atoms in total. The van der Waals surface area contributed by atoms with Gasteiger partial charge in [-0.1, -0.05) is 25.0 Å². The number of benzene rings is 1. The topological polar surface area (TPSA) is 111 Å². The number of aliphatic hydroxyl groups is 1. The van der Waals surface area contributed by atoms with E-state index in [2.05, 4.69) is 14.2 Å². The van der Waals surface area contributed by atoms with Crippen molar-refractivity contribution >= 4 is 27.7 Å². The fraction of sp³-hybridized carbons (Fsp3) is 0.679. The highest BCUT2D eigenvalue weighted by Gasteiger charge is 2.65. The first kappa shape index (κ1) is 24.7. The van der Waals surface area contributed by atoms with Gasteiger partial charge in [-0.3, -0.25) is 19.4 Å². The lowest BCUT2D eigenvalue weighted by molar-refractivity contribution is -0.143. The second-order valence-electron chi connectivity index (χ2n) is 12.2. The molecule has 1 unspecified atom stereocenters. The first-order chi connectivity index (χ1) is 18.3. The van der Waals surface area contributed by atoms with Gasteiger partial charge in [-0.25, -0.2) is 0 Å². The highest BCUT2D eigenvalue weighted by molar-refractivity contribution is 7.90. The number of likely N-dealkylation sites (tertiary alicyclic amines) is 1. The molecule has 10 heteroatoms. The number of carbonyl (C=O) groups excluding carboxylic acids is 2. The van der Waals surface area contributed by atoms with Crippen LogP contribution in [-0.2, 0) is 19.6 Å². The van der Waals surface area contributed by atoms with Gasteiger partial charge in [0.25, 0.3) is 10.0 Å². The summed E-state index contributed by atoms with van der Waals surface area (Å²) in [6.45, 7) is 4.56. The number of rotatable bonds is 4. The predicted molar refractivity (Wildman–Crippen MR) is 140 cm³/mol. The smallest absolute Gasteiger partial charge is 0.285 e. The molecule has 0 aromatic heterocycles. The Morgan fingerprint density at radius 1 is 0.842 bits per heavy atom. The minimum absolute atomic E-state index is 0.0308. The van der Waals surface area contributed by atoms with E-state index in [9.17, 15) is 23.1 Å². The molecule has 3 aliphatic carbocycles. The van der Waals surface area contributed by atoms with Gasteiger partial charge >= 0.3 is 0 Å². The first-order valence-corrected chi connectivity index (χ1v) is 15.7. The Balaban J connectivity index is 0.990. The van der Waals surface area contributed by atoms with Crippen molar-refractivity contribution in [1.82, 2.24) is 14.7 Å². The quantitative estimate of drug-likeness (QED) is 0.577. The third-order valence-electron chi connectivity index (χ3n) is 10.4. The van der Waals surface area contributed by atoms with Crippen LogP contribution in [0.15, 0.2) is 33.6 Å². The highest BCUT2D eigenvalue weighted by Crippen LogP contribution is 2.56. The fourth-order valence-electron chi connectivity index (χ4n) is 8.47. The Morgan fingerprint density at radius 2 is 1.45 bits per heavy atom. The number of aliphatic hydroxyl groups excluding tert-OH is 1. The molecule has 6 aliphatic rings. The Kier molecular flexibility index (Phi) is 5.94. The average molecular weight is 541 g/mol. The van der Waals surface area contributed by atoms with Crippen LogP contribution < -0.4 is 0 Å². The van der Waals surface area contributed by atoms with Crippen LogP contribution in [0.3, 0.4) is 0 Å². The molecule has 1 aromatic rings. The van der Waals surface area contributed by atoms with E-state index in [1.165, 1.54) is 6.42 Å². The fourth-order valence-corrected chi connectivity index (χ4v) is 9.70. The number of nitrogens with zero attached hydrogens (tertiary/aromatic N) is 4. The predicted octanol–water partition coefficient (Wildman–Crippen LogP) is 1.56. The molecule has 0 spiro atoms. The van der Waals surface area contributed by atoms with Gasteiger partial charge in [0, 0.05) is 44.8 Å². The minimum Gasteiger partial charge on any atom is -0.392 e. The standard InChI is InChI=1S/C28H36N4O5S/c33-25-20-9-10-21(25)24-23(20)27(34)32(28(24)35)16-18-6-2-1-5-17(18)15-30-11-13-31(14-12-30)26-19-7-3-4-8-22(19)38(36,37)29-26/h3-4,7-8,17-18,20-21,23-25,33H,1-2,5-6,9-16H2/t17-,18-,20-,21+,23-,24+,25?/m0/s1. The summed E-state index contributed by atoms with van der Waals surface area (Å²) in [6, 6.07) is 7.04. The zero-order valence-corrected chi connectivity index (χ0v) is 22.4. The lowest BCUT2D eigenvalue weighted by Crippen LogP contribution is -2.51. The number of sulfonamides is 1. The number of amidine groups is 1. The van der Waals surface area contributed by atoms with Crippen molar-refractivity contribution < 1.29 is 23.1 Å². The molecule has 5 fully saturated rings. The van der Waals surface area contributed by atoms with Crippen LogP contribution in [0.2, 0.25) is 0 Å². The van der Waals surface area contributed by atoms with E-state index < -0.39 is 16.1 Å². The van der Waals surface area contributed by atoms with Gasteiger partial charge in [0.2, 0.25) is 11.8 Å². The molecule has 2 amide bonds. The largest absolute Gasteiger partial charge is 0.392 e. The lowest BCUT2D eigenvalue weighted by Gasteiger charge is -2.41. The van der Waals surface area contributed by atoms with E-state index >= 15 is 0 Å². The molecule has 1 N–H and O–H groups in total. The zero-order valence-electron chi connectivity index (χ0n) is 21.6. The molecule has 0 radical (unpaired) electrons. The van der Waals surface area contributed by atoms with Crippen LogP contribution in [0.1, 0.15) is 44.1 Å². The van der Waals surface area contributed by atoms with Gasteiger partial charge in [-0.2, -0.15) is 8.42 Å². The van der Waals surface area contributed by atoms with Crippen molar-refractivity contribution in [1.29, 1.82) is 0 Å². The van der Waals surface area contributed by atoms with E-state index in [1.807, 2.05) is 12.1 Å². The molecule has 3 saturated carbocycles. The lowest BCUT2D eigenvalue weighted by atomic mass is 9.78. The molecule has 2 bridgehead atoms. The van der Waals surface area contributed by atoms with Crippen LogP contribution in [0.4, 0.5) is 0 Å². The molecule has 2 saturated heterocycles. The van der Waals surface area contributed by atoms with Crippen molar-refractivity contribution in [2.75, 3.05) is 39.3 Å². The van der Waals surface area contributed by atoms with Gasteiger partial charge < -0.3 is 10.0 Å². The molecule has 204 valence electrons. The van der Waals surface area contributed by atoms with Crippen LogP contribution in [0.5, 0.6) is 0 Å². The molecular formula is C28H36N4O5S. The molecule has 7 atom stereocenters. The molecular weight excluding hydrogens is 504 g/mol. The SMILES string of the molecule is O=C1[C@@H]2[C@H](C(=O)N1C[C@@H]1CCCC[C@H]1CN1CCN(C3=NS(=O)(=O)c4ccccc43)CC1)[C@H]1CC[C@@H]2C1O. The maximum absolute atomic E-state index is 13.3. The monoisotopic (exact) mass is 540 g/mol. The maximum Gasteiger partial charge on any atom is 0.285 e. The van der Waals surface area contributed by atoms with E-state index in [4.69, 9.17) is 0 Å².